The Kier molecular flexibility index (Phi) is 3.89. The summed E-state index contributed by atoms with van der Waals surface area (Å²) in [6, 6.07) is 0. The minimum Gasteiger partial charge on any atom is -0.376 e. The van der Waals surface area contributed by atoms with Crippen LogP contribution in [0.2, 0.25) is 0 Å². The van der Waals surface area contributed by atoms with E-state index in [0.29, 0.717) is 4.77 Å². The third-order valence-corrected chi connectivity index (χ3v) is 3.37. The van der Waals surface area contributed by atoms with Gasteiger partial charge in [-0.1, -0.05) is 20.8 Å². The fourth-order valence-electron chi connectivity index (χ4n) is 2.01. The number of hydrogen-bond acceptors (Lipinski definition) is 4. The van der Waals surface area contributed by atoms with Crippen molar-refractivity contribution in [3.05, 3.63) is 10.6 Å². The highest BCUT2D eigenvalue weighted by molar-refractivity contribution is 7.71. The lowest BCUT2D eigenvalue weighted by Crippen LogP contribution is -2.42. The zero-order valence-electron chi connectivity index (χ0n) is 11.6. The minimum atomic E-state index is -0.00287. The zero-order chi connectivity index (χ0) is 13.3. The normalized spacial score (nSPS) is 22.3. The Morgan fingerprint density at radius 2 is 2.22 bits per heavy atom. The van der Waals surface area contributed by atoms with Gasteiger partial charge in [0.05, 0.1) is 19.4 Å². The van der Waals surface area contributed by atoms with Crippen LogP contribution in [0.3, 0.4) is 0 Å². The van der Waals surface area contributed by atoms with Crippen LogP contribution in [0.5, 0.6) is 0 Å². The van der Waals surface area contributed by atoms with E-state index in [4.69, 9.17) is 17.0 Å². The molecule has 6 heteroatoms. The Hall–Kier alpha value is -0.720. The first-order chi connectivity index (χ1) is 8.36. The van der Waals surface area contributed by atoms with Crippen molar-refractivity contribution < 1.29 is 4.74 Å². The summed E-state index contributed by atoms with van der Waals surface area (Å²) in [5, 5.41) is 3.30. The molecule has 1 aromatic heterocycles. The van der Waals surface area contributed by atoms with Gasteiger partial charge in [0.2, 0.25) is 4.77 Å². The van der Waals surface area contributed by atoms with E-state index in [9.17, 15) is 0 Å². The smallest absolute Gasteiger partial charge is 0.217 e. The Morgan fingerprint density at radius 1 is 1.50 bits per heavy atom. The zero-order valence-corrected chi connectivity index (χ0v) is 12.4. The van der Waals surface area contributed by atoms with E-state index < -0.39 is 0 Å². The first-order valence-electron chi connectivity index (χ1n) is 6.37. The molecule has 0 spiro atoms. The molecule has 2 rings (SSSR count). The van der Waals surface area contributed by atoms with Gasteiger partial charge in [-0.05, 0) is 19.1 Å². The molecule has 5 nitrogen and oxygen atoms in total. The average Bonchev–Trinajstić information content (AvgIpc) is 2.60. The summed E-state index contributed by atoms with van der Waals surface area (Å²) in [6.45, 7) is 11.9. The van der Waals surface area contributed by atoms with Gasteiger partial charge in [0, 0.05) is 18.5 Å². The molecule has 1 aliphatic rings. The molecule has 0 radical (unpaired) electrons. The Bertz CT molecular complexity index is 459. The molecular formula is C12H22N4OS. The Morgan fingerprint density at radius 3 is 2.78 bits per heavy atom. The second-order valence-electron chi connectivity index (χ2n) is 5.93. The van der Waals surface area contributed by atoms with Crippen LogP contribution in [0.25, 0.3) is 0 Å². The monoisotopic (exact) mass is 270 g/mol. The molecule has 1 atom stereocenters. The fraction of sp³-hybridized carbons (Fsp3) is 0.833. The highest BCUT2D eigenvalue weighted by atomic mass is 32.1. The molecule has 0 aromatic carbocycles. The molecule has 0 amide bonds. The maximum Gasteiger partial charge on any atom is 0.217 e. The summed E-state index contributed by atoms with van der Waals surface area (Å²) in [5.74, 6) is 0.939. The first-order valence-corrected chi connectivity index (χ1v) is 6.78. The van der Waals surface area contributed by atoms with Crippen molar-refractivity contribution in [3.63, 3.8) is 0 Å². The predicted octanol–water partition coefficient (Wildman–Crippen LogP) is 1.92. The van der Waals surface area contributed by atoms with Crippen molar-refractivity contribution in [2.45, 2.75) is 45.9 Å². The quantitative estimate of drug-likeness (QED) is 0.834. The minimum absolute atomic E-state index is 0.00287. The molecule has 1 fully saturated rings. The average molecular weight is 270 g/mol. The Balaban J connectivity index is 2.10. The van der Waals surface area contributed by atoms with Crippen LogP contribution in [0, 0.1) is 4.77 Å². The van der Waals surface area contributed by atoms with Gasteiger partial charge >= 0.3 is 0 Å². The number of aromatic nitrogens is 3. The molecule has 1 saturated heterocycles. The lowest BCUT2D eigenvalue weighted by molar-refractivity contribution is -0.0307. The molecule has 1 N–H and O–H groups in total. The van der Waals surface area contributed by atoms with Gasteiger partial charge in [0.15, 0.2) is 0 Å². The summed E-state index contributed by atoms with van der Waals surface area (Å²) >= 11 is 5.30. The summed E-state index contributed by atoms with van der Waals surface area (Å²) in [7, 11) is 0. The third kappa shape index (κ3) is 3.18. The molecule has 18 heavy (non-hydrogen) atoms. The number of H-pyrrole nitrogens is 1. The number of rotatable bonds is 2. The van der Waals surface area contributed by atoms with Crippen molar-refractivity contribution in [1.29, 1.82) is 0 Å². The van der Waals surface area contributed by atoms with Crippen molar-refractivity contribution >= 4 is 12.2 Å². The van der Waals surface area contributed by atoms with E-state index in [2.05, 4.69) is 42.7 Å². The maximum absolute atomic E-state index is 5.53. The molecule has 0 aliphatic carbocycles. The highest BCUT2D eigenvalue weighted by Gasteiger charge is 2.21. The van der Waals surface area contributed by atoms with Crippen molar-refractivity contribution in [1.82, 2.24) is 19.7 Å². The van der Waals surface area contributed by atoms with E-state index >= 15 is 0 Å². The van der Waals surface area contributed by atoms with Crippen LogP contribution in [0.1, 0.15) is 33.5 Å². The van der Waals surface area contributed by atoms with Gasteiger partial charge in [0.25, 0.3) is 0 Å². The largest absolute Gasteiger partial charge is 0.376 e. The van der Waals surface area contributed by atoms with Crippen molar-refractivity contribution in [2.24, 2.45) is 0 Å². The summed E-state index contributed by atoms with van der Waals surface area (Å²) in [6.07, 6.45) is 0.290. The van der Waals surface area contributed by atoms with E-state index in [1.807, 2.05) is 4.68 Å². The Labute approximate surface area is 113 Å². The lowest BCUT2D eigenvalue weighted by Gasteiger charge is -2.30. The van der Waals surface area contributed by atoms with Crippen molar-refractivity contribution in [3.8, 4) is 0 Å². The van der Waals surface area contributed by atoms with Crippen LogP contribution in [0.4, 0.5) is 0 Å². The summed E-state index contributed by atoms with van der Waals surface area (Å²) < 4.78 is 8.10. The molecule has 1 aromatic rings. The molecule has 102 valence electrons. The van der Waals surface area contributed by atoms with Crippen LogP contribution in [-0.2, 0) is 16.8 Å². The summed E-state index contributed by atoms with van der Waals surface area (Å²) in [4.78, 5) is 6.76. The van der Waals surface area contributed by atoms with Crippen LogP contribution in [-0.4, -0.2) is 45.5 Å². The molecule has 0 saturated carbocycles. The molecule has 2 heterocycles. The van der Waals surface area contributed by atoms with Gasteiger partial charge in [-0.3, -0.25) is 10.00 Å². The van der Waals surface area contributed by atoms with Gasteiger partial charge in [0.1, 0.15) is 5.82 Å². The van der Waals surface area contributed by atoms with Gasteiger partial charge in [-0.25, -0.2) is 9.67 Å². The lowest BCUT2D eigenvalue weighted by atomic mass is 9.96. The molecule has 0 unspecified atom stereocenters. The topological polar surface area (TPSA) is 46.1 Å². The van der Waals surface area contributed by atoms with Gasteiger partial charge < -0.3 is 4.74 Å². The van der Waals surface area contributed by atoms with E-state index in [0.717, 1.165) is 32.2 Å². The number of aromatic amines is 1. The van der Waals surface area contributed by atoms with E-state index in [1.165, 1.54) is 0 Å². The van der Waals surface area contributed by atoms with Crippen LogP contribution in [0.15, 0.2) is 0 Å². The number of morpholine rings is 1. The van der Waals surface area contributed by atoms with Gasteiger partial charge in [-0.15, -0.1) is 0 Å². The van der Waals surface area contributed by atoms with Crippen LogP contribution < -0.4 is 0 Å². The summed E-state index contributed by atoms with van der Waals surface area (Å²) in [5.41, 5.74) is -0.00287. The number of ether oxygens (including phenoxy) is 1. The molecule has 1 aliphatic heterocycles. The second kappa shape index (κ2) is 5.11. The first kappa shape index (κ1) is 13.7. The van der Waals surface area contributed by atoms with E-state index in [-0.39, 0.29) is 11.5 Å². The number of nitrogens with zero attached hydrogens (tertiary/aromatic N) is 3. The van der Waals surface area contributed by atoms with Crippen LogP contribution >= 0.6 is 12.2 Å². The molecular weight excluding hydrogens is 248 g/mol. The number of hydrogen-bond donors (Lipinski definition) is 1. The highest BCUT2D eigenvalue weighted by Crippen LogP contribution is 2.17. The maximum atomic E-state index is 5.53. The standard InChI is InChI=1S/C12H22N4OS/c1-9-7-15(5-6-17-9)8-16-11(18)13-10(14-16)12(2,3)4/h9H,5-8H2,1-4H3,(H,13,14,18)/t9-/m1/s1. The number of nitrogens with one attached hydrogen (secondary N) is 1. The fourth-order valence-corrected chi connectivity index (χ4v) is 2.20. The van der Waals surface area contributed by atoms with Crippen molar-refractivity contribution in [2.75, 3.05) is 19.7 Å². The van der Waals surface area contributed by atoms with E-state index in [1.54, 1.807) is 0 Å². The van der Waals surface area contributed by atoms with Gasteiger partial charge in [-0.2, -0.15) is 0 Å². The third-order valence-electron chi connectivity index (χ3n) is 3.06. The predicted molar refractivity (Wildman–Crippen MR) is 73.1 cm³/mol. The second-order valence-corrected chi connectivity index (χ2v) is 6.30. The molecule has 0 bridgehead atoms. The SMILES string of the molecule is C[C@@H]1CN(Cn2[nH]c(C(C)(C)C)nc2=S)CCO1.